The Labute approximate surface area is 126 Å². The van der Waals surface area contributed by atoms with Gasteiger partial charge in [-0.15, -0.1) is 0 Å². The molecule has 1 aromatic rings. The van der Waals surface area contributed by atoms with Crippen LogP contribution in [0, 0.1) is 18.7 Å². The molecule has 118 valence electrons. The van der Waals surface area contributed by atoms with Gasteiger partial charge in [0.15, 0.2) is 0 Å². The lowest BCUT2D eigenvalue weighted by Gasteiger charge is -2.30. The molecule has 0 aliphatic heterocycles. The van der Waals surface area contributed by atoms with Gasteiger partial charge < -0.3 is 5.73 Å². The Balaban J connectivity index is 2.18. The lowest BCUT2D eigenvalue weighted by molar-refractivity contribution is 0.294. The third kappa shape index (κ3) is 4.02. The van der Waals surface area contributed by atoms with Gasteiger partial charge in [-0.25, -0.2) is 17.5 Å². The van der Waals surface area contributed by atoms with E-state index in [1.54, 1.807) is 6.92 Å². The Bertz CT molecular complexity index is 583. The number of hydrogen-bond acceptors (Lipinski definition) is 3. The summed E-state index contributed by atoms with van der Waals surface area (Å²) in [6.07, 6.45) is 5.47. The molecule has 0 saturated heterocycles. The first-order valence-electron chi connectivity index (χ1n) is 7.42. The smallest absolute Gasteiger partial charge is 0.241 e. The molecule has 0 heterocycles. The van der Waals surface area contributed by atoms with Gasteiger partial charge >= 0.3 is 0 Å². The van der Waals surface area contributed by atoms with Crippen LogP contribution in [0.1, 0.15) is 37.7 Å². The first kappa shape index (κ1) is 16.4. The minimum Gasteiger partial charge on any atom is -0.329 e. The third-order valence-corrected chi connectivity index (χ3v) is 5.86. The summed E-state index contributed by atoms with van der Waals surface area (Å²) in [5.41, 5.74) is 6.17. The molecule has 2 rings (SSSR count). The van der Waals surface area contributed by atoms with E-state index in [0.717, 1.165) is 25.7 Å². The Morgan fingerprint density at radius 2 is 2.00 bits per heavy atom. The predicted molar refractivity (Wildman–Crippen MR) is 80.9 cm³/mol. The summed E-state index contributed by atoms with van der Waals surface area (Å²) in [5.74, 6) is -0.145. The summed E-state index contributed by atoms with van der Waals surface area (Å²) in [4.78, 5) is 0.123. The minimum atomic E-state index is -3.67. The van der Waals surface area contributed by atoms with Crippen LogP contribution in [0.4, 0.5) is 4.39 Å². The molecule has 1 fully saturated rings. The van der Waals surface area contributed by atoms with Crippen molar-refractivity contribution in [3.63, 3.8) is 0 Å². The van der Waals surface area contributed by atoms with Crippen LogP contribution in [0.15, 0.2) is 23.1 Å². The van der Waals surface area contributed by atoms with E-state index in [2.05, 4.69) is 4.72 Å². The van der Waals surface area contributed by atoms with E-state index in [0.29, 0.717) is 11.5 Å². The van der Waals surface area contributed by atoms with Gasteiger partial charge in [0.05, 0.1) is 4.90 Å². The maximum Gasteiger partial charge on any atom is 0.241 e. The predicted octanol–water partition coefficient (Wildman–Crippen LogP) is 2.32. The fourth-order valence-corrected chi connectivity index (χ4v) is 4.59. The summed E-state index contributed by atoms with van der Waals surface area (Å²) < 4.78 is 40.8. The lowest BCUT2D eigenvalue weighted by Crippen LogP contribution is -2.45. The second-order valence-electron chi connectivity index (χ2n) is 5.77. The molecule has 0 amide bonds. The highest BCUT2D eigenvalue weighted by molar-refractivity contribution is 7.89. The van der Waals surface area contributed by atoms with Crippen molar-refractivity contribution in [1.82, 2.24) is 4.72 Å². The standard InChI is InChI=1S/C15H23FN2O2S/c1-11-9-13(16)7-8-15(11)21(19,20)18-14(10-17)12-5-3-2-4-6-12/h7-9,12,14,18H,2-6,10,17H2,1H3. The highest BCUT2D eigenvalue weighted by atomic mass is 32.2. The molecule has 0 radical (unpaired) electrons. The summed E-state index contributed by atoms with van der Waals surface area (Å²) >= 11 is 0. The quantitative estimate of drug-likeness (QED) is 0.876. The van der Waals surface area contributed by atoms with Gasteiger partial charge in [0.2, 0.25) is 10.0 Å². The van der Waals surface area contributed by atoms with E-state index in [1.165, 1.54) is 24.6 Å². The Morgan fingerprint density at radius 3 is 2.57 bits per heavy atom. The van der Waals surface area contributed by atoms with Crippen LogP contribution in [0.25, 0.3) is 0 Å². The molecule has 4 nitrogen and oxygen atoms in total. The largest absolute Gasteiger partial charge is 0.329 e. The van der Waals surface area contributed by atoms with Crippen LogP contribution < -0.4 is 10.5 Å². The van der Waals surface area contributed by atoms with Gasteiger partial charge in [0.1, 0.15) is 5.82 Å². The van der Waals surface area contributed by atoms with E-state index in [1.807, 2.05) is 0 Å². The van der Waals surface area contributed by atoms with Crippen molar-refractivity contribution >= 4 is 10.0 Å². The first-order valence-corrected chi connectivity index (χ1v) is 8.91. The van der Waals surface area contributed by atoms with E-state index in [-0.39, 0.29) is 17.5 Å². The zero-order valence-corrected chi connectivity index (χ0v) is 13.1. The zero-order valence-electron chi connectivity index (χ0n) is 12.3. The Hall–Kier alpha value is -0.980. The van der Waals surface area contributed by atoms with E-state index in [4.69, 9.17) is 5.73 Å². The fourth-order valence-electron chi connectivity index (χ4n) is 3.05. The van der Waals surface area contributed by atoms with Crippen LogP contribution in [0.5, 0.6) is 0 Å². The molecule has 1 unspecified atom stereocenters. The molecule has 21 heavy (non-hydrogen) atoms. The van der Waals surface area contributed by atoms with Crippen molar-refractivity contribution in [2.45, 2.75) is 50.0 Å². The molecule has 1 atom stereocenters. The maximum absolute atomic E-state index is 13.1. The molecule has 3 N–H and O–H groups in total. The van der Waals surface area contributed by atoms with Gasteiger partial charge in [-0.1, -0.05) is 19.3 Å². The number of sulfonamides is 1. The first-order chi connectivity index (χ1) is 9.94. The molecule has 0 aromatic heterocycles. The molecule has 6 heteroatoms. The van der Waals surface area contributed by atoms with Crippen LogP contribution in [0.2, 0.25) is 0 Å². The van der Waals surface area contributed by atoms with Crippen molar-refractivity contribution in [2.75, 3.05) is 6.54 Å². The number of benzene rings is 1. The topological polar surface area (TPSA) is 72.2 Å². The number of aryl methyl sites for hydroxylation is 1. The highest BCUT2D eigenvalue weighted by Crippen LogP contribution is 2.27. The Kier molecular flexibility index (Phi) is 5.35. The van der Waals surface area contributed by atoms with E-state index < -0.39 is 15.8 Å². The summed E-state index contributed by atoms with van der Waals surface area (Å²) in [7, 11) is -3.67. The van der Waals surface area contributed by atoms with Crippen LogP contribution >= 0.6 is 0 Å². The van der Waals surface area contributed by atoms with E-state index >= 15 is 0 Å². The van der Waals surface area contributed by atoms with Crippen molar-refractivity contribution < 1.29 is 12.8 Å². The van der Waals surface area contributed by atoms with Gasteiger partial charge in [0.25, 0.3) is 0 Å². The molecule has 0 bridgehead atoms. The van der Waals surface area contributed by atoms with Crippen LogP contribution in [-0.2, 0) is 10.0 Å². The van der Waals surface area contributed by atoms with Crippen molar-refractivity contribution in [3.8, 4) is 0 Å². The van der Waals surface area contributed by atoms with E-state index in [9.17, 15) is 12.8 Å². The molecular weight excluding hydrogens is 291 g/mol. The van der Waals surface area contributed by atoms with Gasteiger partial charge in [-0.05, 0) is 49.4 Å². The van der Waals surface area contributed by atoms with Gasteiger partial charge in [0, 0.05) is 12.6 Å². The summed E-state index contributed by atoms with van der Waals surface area (Å²) in [5, 5.41) is 0. The van der Waals surface area contributed by atoms with Gasteiger partial charge in [-0.3, -0.25) is 0 Å². The summed E-state index contributed by atoms with van der Waals surface area (Å²) in [6, 6.07) is 3.45. The molecule has 1 aromatic carbocycles. The van der Waals surface area contributed by atoms with Crippen molar-refractivity contribution in [1.29, 1.82) is 0 Å². The maximum atomic E-state index is 13.1. The SMILES string of the molecule is Cc1cc(F)ccc1S(=O)(=O)NC(CN)C1CCCCC1. The average molecular weight is 314 g/mol. The number of hydrogen-bond donors (Lipinski definition) is 2. The van der Waals surface area contributed by atoms with Crippen molar-refractivity contribution in [2.24, 2.45) is 11.7 Å². The lowest BCUT2D eigenvalue weighted by atomic mass is 9.84. The molecule has 1 saturated carbocycles. The third-order valence-electron chi connectivity index (χ3n) is 4.21. The second-order valence-corrected chi connectivity index (χ2v) is 7.45. The highest BCUT2D eigenvalue weighted by Gasteiger charge is 2.28. The monoisotopic (exact) mass is 314 g/mol. The molecule has 1 aliphatic rings. The second kappa shape index (κ2) is 6.85. The van der Waals surface area contributed by atoms with Crippen LogP contribution in [-0.4, -0.2) is 21.0 Å². The van der Waals surface area contributed by atoms with Gasteiger partial charge in [-0.2, -0.15) is 0 Å². The number of rotatable bonds is 5. The number of nitrogens with two attached hydrogens (primary N) is 1. The molecule has 0 spiro atoms. The molecule has 1 aliphatic carbocycles. The molecular formula is C15H23FN2O2S. The zero-order chi connectivity index (χ0) is 15.5. The average Bonchev–Trinajstić information content (AvgIpc) is 2.45. The fraction of sp³-hybridized carbons (Fsp3) is 0.600. The van der Waals surface area contributed by atoms with Crippen molar-refractivity contribution in [3.05, 3.63) is 29.6 Å². The Morgan fingerprint density at radius 1 is 1.33 bits per heavy atom. The summed E-state index contributed by atoms with van der Waals surface area (Å²) in [6.45, 7) is 1.87. The number of halogens is 1. The minimum absolute atomic E-state index is 0.123. The van der Waals surface area contributed by atoms with Crippen LogP contribution in [0.3, 0.4) is 0 Å². The normalized spacial score (nSPS) is 18.6. The number of nitrogens with one attached hydrogen (secondary N) is 1.